The molecule has 2 aliphatic heterocycles. The van der Waals surface area contributed by atoms with Crippen LogP contribution in [0.2, 0.25) is 0 Å². The molecule has 1 aromatic rings. The van der Waals surface area contributed by atoms with E-state index in [2.05, 4.69) is 24.5 Å². The summed E-state index contributed by atoms with van der Waals surface area (Å²) in [7, 11) is 4.00. The number of carbonyl (C=O) groups is 1. The summed E-state index contributed by atoms with van der Waals surface area (Å²) in [6, 6.07) is 8.20. The predicted octanol–water partition coefficient (Wildman–Crippen LogP) is 4.19. The van der Waals surface area contributed by atoms with Crippen molar-refractivity contribution in [3.63, 3.8) is 0 Å². The lowest BCUT2D eigenvalue weighted by molar-refractivity contribution is -0.156. The number of ether oxygens (including phenoxy) is 2. The second-order valence-corrected chi connectivity index (χ2v) is 12.6. The molecule has 3 fully saturated rings. The number of anilines is 1. The zero-order chi connectivity index (χ0) is 28.7. The van der Waals surface area contributed by atoms with E-state index in [0.717, 1.165) is 42.8 Å². The molecule has 0 amide bonds. The van der Waals surface area contributed by atoms with E-state index in [-0.39, 0.29) is 35.9 Å². The number of cyclic esters (lactones) is 1. The summed E-state index contributed by atoms with van der Waals surface area (Å²) >= 11 is 0. The fraction of sp³-hybridized carbons (Fsp3) is 0.545. The van der Waals surface area contributed by atoms with Gasteiger partial charge in [0.15, 0.2) is 0 Å². The smallest absolute Gasteiger partial charge is 0.343 e. The van der Waals surface area contributed by atoms with E-state index in [1.165, 1.54) is 0 Å². The normalized spacial score (nSPS) is 36.0. The molecule has 3 unspecified atom stereocenters. The van der Waals surface area contributed by atoms with Gasteiger partial charge in [0.25, 0.3) is 0 Å². The summed E-state index contributed by atoms with van der Waals surface area (Å²) in [5, 5.41) is 21.6. The fourth-order valence-corrected chi connectivity index (χ4v) is 7.51. The number of morpholine rings is 1. The fourth-order valence-electron chi connectivity index (χ4n) is 7.51. The van der Waals surface area contributed by atoms with E-state index in [0.29, 0.717) is 31.0 Å². The Morgan fingerprint density at radius 1 is 1.18 bits per heavy atom. The molecule has 2 heterocycles. The molecule has 40 heavy (non-hydrogen) atoms. The van der Waals surface area contributed by atoms with Crippen molar-refractivity contribution in [1.82, 2.24) is 4.90 Å². The summed E-state index contributed by atoms with van der Waals surface area (Å²) in [6.45, 7) is 11.9. The Kier molecular flexibility index (Phi) is 8.13. The summed E-state index contributed by atoms with van der Waals surface area (Å²) in [5.41, 5.74) is 2.91. The molecule has 216 valence electrons. The van der Waals surface area contributed by atoms with Crippen LogP contribution in [0.1, 0.15) is 38.7 Å². The number of rotatable bonds is 6. The van der Waals surface area contributed by atoms with Gasteiger partial charge in [-0.2, -0.15) is 0 Å². The van der Waals surface area contributed by atoms with Crippen LogP contribution < -0.4 is 4.90 Å². The Morgan fingerprint density at radius 3 is 2.52 bits per heavy atom. The van der Waals surface area contributed by atoms with Crippen molar-refractivity contribution in [2.45, 2.75) is 45.3 Å². The number of carbonyl (C=O) groups excluding carboxylic acids is 1. The molecule has 1 aromatic carbocycles. The third kappa shape index (κ3) is 5.20. The van der Waals surface area contributed by atoms with Gasteiger partial charge in [0.05, 0.1) is 31.5 Å². The number of aliphatic hydroxyl groups is 2. The number of hydrogen-bond acceptors (Lipinski definition) is 7. The lowest BCUT2D eigenvalue weighted by atomic mass is 9.45. The van der Waals surface area contributed by atoms with E-state index in [1.807, 2.05) is 62.3 Å². The molecule has 7 heteroatoms. The maximum atomic E-state index is 12.8. The van der Waals surface area contributed by atoms with Crippen molar-refractivity contribution in [3.8, 4) is 0 Å². The van der Waals surface area contributed by atoms with Gasteiger partial charge in [-0.15, -0.1) is 0 Å². The van der Waals surface area contributed by atoms with Crippen LogP contribution in [-0.2, 0) is 14.3 Å². The molecule has 0 bridgehead atoms. The number of nitrogens with zero attached hydrogens (tertiary/aromatic N) is 2. The van der Waals surface area contributed by atoms with E-state index >= 15 is 0 Å². The van der Waals surface area contributed by atoms with Crippen LogP contribution in [0.5, 0.6) is 0 Å². The Hall–Kier alpha value is -2.71. The summed E-state index contributed by atoms with van der Waals surface area (Å²) < 4.78 is 11.2. The zero-order valence-corrected chi connectivity index (χ0v) is 24.3. The number of aliphatic hydroxyl groups excluding tert-OH is 2. The highest BCUT2D eigenvalue weighted by Gasteiger charge is 2.59. The average molecular weight is 549 g/mol. The average Bonchev–Trinajstić information content (AvgIpc) is 3.29. The minimum absolute atomic E-state index is 0.0159. The zero-order valence-electron chi connectivity index (χ0n) is 24.3. The first-order chi connectivity index (χ1) is 19.1. The van der Waals surface area contributed by atoms with Gasteiger partial charge in [0, 0.05) is 50.2 Å². The molecule has 2 aliphatic carbocycles. The number of fused-ring (bicyclic) bond motifs is 1. The number of benzene rings is 1. The van der Waals surface area contributed by atoms with Crippen molar-refractivity contribution in [1.29, 1.82) is 0 Å². The van der Waals surface area contributed by atoms with E-state index < -0.39 is 11.5 Å². The maximum Gasteiger partial charge on any atom is 0.343 e. The molecule has 1 saturated heterocycles. The number of hydrogen-bond donors (Lipinski definition) is 2. The van der Waals surface area contributed by atoms with Crippen molar-refractivity contribution in [3.05, 3.63) is 71.5 Å². The van der Waals surface area contributed by atoms with Crippen LogP contribution in [0.25, 0.3) is 6.08 Å². The molecule has 2 saturated carbocycles. The molecule has 0 radical (unpaired) electrons. The van der Waals surface area contributed by atoms with Gasteiger partial charge in [-0.1, -0.05) is 50.3 Å². The number of esters is 1. The van der Waals surface area contributed by atoms with Gasteiger partial charge >= 0.3 is 5.97 Å². The predicted molar refractivity (Wildman–Crippen MR) is 158 cm³/mol. The molecule has 2 N–H and O–H groups in total. The topological polar surface area (TPSA) is 82.5 Å². The Bertz CT molecular complexity index is 1210. The lowest BCUT2D eigenvalue weighted by Gasteiger charge is -2.62. The van der Waals surface area contributed by atoms with Gasteiger partial charge < -0.3 is 24.6 Å². The summed E-state index contributed by atoms with van der Waals surface area (Å²) in [6.07, 6.45) is 9.44. The third-order valence-corrected chi connectivity index (χ3v) is 10.1. The molecular weight excluding hydrogens is 504 g/mol. The van der Waals surface area contributed by atoms with Crippen LogP contribution in [0.15, 0.2) is 66.0 Å². The molecule has 5 rings (SSSR count). The van der Waals surface area contributed by atoms with Crippen LogP contribution in [0.4, 0.5) is 5.69 Å². The van der Waals surface area contributed by atoms with Gasteiger partial charge in [-0.25, -0.2) is 4.79 Å². The molecule has 0 aromatic heterocycles. The first-order valence-electron chi connectivity index (χ1n) is 14.5. The van der Waals surface area contributed by atoms with Crippen molar-refractivity contribution in [2.75, 3.05) is 51.9 Å². The van der Waals surface area contributed by atoms with Crippen LogP contribution in [0, 0.1) is 22.7 Å². The lowest BCUT2D eigenvalue weighted by Crippen LogP contribution is -2.61. The van der Waals surface area contributed by atoms with E-state index in [9.17, 15) is 15.0 Å². The van der Waals surface area contributed by atoms with Gasteiger partial charge in [0.1, 0.15) is 5.76 Å². The Balaban J connectivity index is 1.44. The molecule has 6 atom stereocenters. The second-order valence-electron chi connectivity index (χ2n) is 12.6. The largest absolute Gasteiger partial charge is 0.423 e. The minimum Gasteiger partial charge on any atom is -0.423 e. The van der Waals surface area contributed by atoms with Crippen molar-refractivity contribution >= 4 is 17.7 Å². The first kappa shape index (κ1) is 28.8. The molecular formula is C33H44N2O5. The van der Waals surface area contributed by atoms with Crippen LogP contribution in [0.3, 0.4) is 0 Å². The van der Waals surface area contributed by atoms with E-state index in [1.54, 1.807) is 6.08 Å². The number of allylic oxidation sites excluding steroid dienone is 2. The van der Waals surface area contributed by atoms with Crippen LogP contribution in [-0.4, -0.2) is 80.2 Å². The standard InChI is InChI=1S/C33H44N2O5/c1-22-27(11-8-24-19-26(40-31(24)38)18-23-6-9-25(10-7-23)34(4)5)32(2)13-12-30(37)33(3,21-36)29(32)20-28(22)35-14-16-39-17-15-35/h6-11,18-19,27-30,36-37H,1,12-17,20-21H2,2-5H3/t27?,28?,29?,30-,32-,33+/m1/s1. The highest BCUT2D eigenvalue weighted by atomic mass is 16.5. The maximum absolute atomic E-state index is 12.8. The van der Waals surface area contributed by atoms with Crippen molar-refractivity contribution in [2.24, 2.45) is 22.7 Å². The van der Waals surface area contributed by atoms with Crippen molar-refractivity contribution < 1.29 is 24.5 Å². The van der Waals surface area contributed by atoms with E-state index in [4.69, 9.17) is 9.47 Å². The monoisotopic (exact) mass is 548 g/mol. The summed E-state index contributed by atoms with van der Waals surface area (Å²) in [5.74, 6) is 0.234. The minimum atomic E-state index is -0.603. The van der Waals surface area contributed by atoms with Gasteiger partial charge in [0.2, 0.25) is 0 Å². The third-order valence-electron chi connectivity index (χ3n) is 10.1. The highest BCUT2D eigenvalue weighted by molar-refractivity contribution is 5.96. The van der Waals surface area contributed by atoms with Gasteiger partial charge in [-0.3, -0.25) is 4.90 Å². The summed E-state index contributed by atoms with van der Waals surface area (Å²) in [4.78, 5) is 17.3. The molecule has 0 spiro atoms. The quantitative estimate of drug-likeness (QED) is 0.408. The highest BCUT2D eigenvalue weighted by Crippen LogP contribution is 2.61. The van der Waals surface area contributed by atoms with Crippen LogP contribution >= 0.6 is 0 Å². The first-order valence-corrected chi connectivity index (χ1v) is 14.5. The second kappa shape index (κ2) is 11.3. The Morgan fingerprint density at radius 2 is 1.88 bits per heavy atom. The van der Waals surface area contributed by atoms with Gasteiger partial charge in [-0.05, 0) is 60.4 Å². The molecule has 4 aliphatic rings. The molecule has 7 nitrogen and oxygen atoms in total. The SMILES string of the molecule is C=C1C(N2CCOCC2)CC2[C@](C)(CC[C@@H](O)[C@@]2(C)CO)C1C=CC1=CC(=Cc2ccc(N(C)C)cc2)OC1=O. The Labute approximate surface area is 238 Å².